The maximum absolute atomic E-state index is 4.11. The molecule has 0 aromatic rings. The van der Waals surface area contributed by atoms with E-state index < -0.39 is 0 Å². The van der Waals surface area contributed by atoms with Gasteiger partial charge in [0.2, 0.25) is 0 Å². The first-order valence-corrected chi connectivity index (χ1v) is 6.03. The van der Waals surface area contributed by atoms with Gasteiger partial charge in [-0.1, -0.05) is 30.7 Å². The van der Waals surface area contributed by atoms with E-state index in [1.165, 1.54) is 37.7 Å². The highest BCUT2D eigenvalue weighted by atomic mass is 14.3. The quantitative estimate of drug-likeness (QED) is 0.540. The molecule has 1 saturated carbocycles. The monoisotopic (exact) mass is 190 g/mol. The lowest BCUT2D eigenvalue weighted by molar-refractivity contribution is 0.319. The predicted molar refractivity (Wildman–Crippen MR) is 62.1 cm³/mol. The van der Waals surface area contributed by atoms with Crippen molar-refractivity contribution in [3.63, 3.8) is 0 Å². The Morgan fingerprint density at radius 2 is 2.14 bits per heavy atom. The molecule has 3 atom stereocenters. The lowest BCUT2D eigenvalue weighted by Crippen LogP contribution is -2.22. The largest absolute Gasteiger partial charge is 0.0999 e. The average Bonchev–Trinajstić information content (AvgIpc) is 2.16. The van der Waals surface area contributed by atoms with Crippen LogP contribution in [0.1, 0.15) is 46.0 Å². The van der Waals surface area contributed by atoms with E-state index in [9.17, 15) is 0 Å². The van der Waals surface area contributed by atoms with Crippen LogP contribution in [0.4, 0.5) is 0 Å². The van der Waals surface area contributed by atoms with Gasteiger partial charge in [0.05, 0.1) is 0 Å². The summed E-state index contributed by atoms with van der Waals surface area (Å²) in [5, 5.41) is 0. The summed E-state index contributed by atoms with van der Waals surface area (Å²) in [7, 11) is 0. The second-order valence-electron chi connectivity index (χ2n) is 5.31. The van der Waals surface area contributed by atoms with Crippen LogP contribution in [0.2, 0.25) is 0 Å². The Morgan fingerprint density at radius 1 is 1.36 bits per heavy atom. The van der Waals surface area contributed by atoms with Gasteiger partial charge in [0.15, 0.2) is 0 Å². The molecule has 14 heavy (non-hydrogen) atoms. The van der Waals surface area contributed by atoms with Crippen LogP contribution in [0.15, 0.2) is 23.8 Å². The zero-order chi connectivity index (χ0) is 10.1. The maximum atomic E-state index is 4.11. The van der Waals surface area contributed by atoms with Crippen LogP contribution in [0.25, 0.3) is 0 Å². The number of hydrogen-bond acceptors (Lipinski definition) is 0. The SMILES string of the molecule is C=C(C)C1CCC2=CC(C)CCC2C1. The van der Waals surface area contributed by atoms with Crippen LogP contribution >= 0.6 is 0 Å². The van der Waals surface area contributed by atoms with Gasteiger partial charge in [-0.05, 0) is 56.8 Å². The minimum atomic E-state index is 0.811. The summed E-state index contributed by atoms with van der Waals surface area (Å²) in [5.74, 6) is 2.55. The zero-order valence-corrected chi connectivity index (χ0v) is 9.55. The molecule has 0 saturated heterocycles. The van der Waals surface area contributed by atoms with Gasteiger partial charge in [-0.15, -0.1) is 0 Å². The summed E-state index contributed by atoms with van der Waals surface area (Å²) >= 11 is 0. The molecule has 0 bridgehead atoms. The summed E-state index contributed by atoms with van der Waals surface area (Å²) in [4.78, 5) is 0. The van der Waals surface area contributed by atoms with Gasteiger partial charge in [0, 0.05) is 0 Å². The molecule has 2 rings (SSSR count). The Bertz CT molecular complexity index is 259. The molecule has 0 spiro atoms. The Morgan fingerprint density at radius 3 is 2.86 bits per heavy atom. The van der Waals surface area contributed by atoms with E-state index in [0.717, 1.165) is 17.8 Å². The topological polar surface area (TPSA) is 0 Å². The Balaban J connectivity index is 2.06. The van der Waals surface area contributed by atoms with Crippen LogP contribution in [-0.2, 0) is 0 Å². The van der Waals surface area contributed by atoms with Crippen LogP contribution in [0.3, 0.4) is 0 Å². The molecule has 0 aliphatic heterocycles. The summed E-state index contributed by atoms with van der Waals surface area (Å²) in [6.07, 6.45) is 9.45. The van der Waals surface area contributed by atoms with E-state index in [4.69, 9.17) is 0 Å². The van der Waals surface area contributed by atoms with Crippen LogP contribution in [-0.4, -0.2) is 0 Å². The number of hydrogen-bond donors (Lipinski definition) is 0. The molecule has 1 fully saturated rings. The van der Waals surface area contributed by atoms with Gasteiger partial charge in [0.25, 0.3) is 0 Å². The molecule has 2 aliphatic carbocycles. The first-order valence-electron chi connectivity index (χ1n) is 6.03. The molecule has 2 aliphatic rings. The highest BCUT2D eigenvalue weighted by molar-refractivity contribution is 5.17. The minimum Gasteiger partial charge on any atom is -0.0999 e. The van der Waals surface area contributed by atoms with Crippen LogP contribution in [0, 0.1) is 17.8 Å². The molecule has 0 radical (unpaired) electrons. The van der Waals surface area contributed by atoms with Gasteiger partial charge in [-0.25, -0.2) is 0 Å². The van der Waals surface area contributed by atoms with E-state index in [2.05, 4.69) is 26.5 Å². The number of fused-ring (bicyclic) bond motifs is 1. The van der Waals surface area contributed by atoms with Gasteiger partial charge in [-0.2, -0.15) is 0 Å². The molecular formula is C14H22. The van der Waals surface area contributed by atoms with Gasteiger partial charge in [0.1, 0.15) is 0 Å². The third-order valence-corrected chi connectivity index (χ3v) is 4.04. The molecule has 0 aromatic heterocycles. The molecule has 78 valence electrons. The van der Waals surface area contributed by atoms with Crippen molar-refractivity contribution in [2.75, 3.05) is 0 Å². The molecule has 0 amide bonds. The summed E-state index contributed by atoms with van der Waals surface area (Å²) in [6.45, 7) is 8.67. The van der Waals surface area contributed by atoms with Crippen molar-refractivity contribution in [1.29, 1.82) is 0 Å². The van der Waals surface area contributed by atoms with Crippen molar-refractivity contribution in [3.05, 3.63) is 23.8 Å². The van der Waals surface area contributed by atoms with E-state index in [1.807, 2.05) is 0 Å². The first kappa shape index (κ1) is 10.0. The Labute approximate surface area is 88.1 Å². The minimum absolute atomic E-state index is 0.811. The van der Waals surface area contributed by atoms with Crippen molar-refractivity contribution in [3.8, 4) is 0 Å². The standard InChI is InChI=1S/C14H22/c1-10(2)12-6-7-13-8-11(3)4-5-14(13)9-12/h8,11-12,14H,1,4-7,9H2,2-3H3. The average molecular weight is 190 g/mol. The normalized spacial score (nSPS) is 37.3. The third-order valence-electron chi connectivity index (χ3n) is 4.04. The lowest BCUT2D eigenvalue weighted by atomic mass is 9.70. The molecule has 0 nitrogen and oxygen atoms in total. The molecular weight excluding hydrogens is 168 g/mol. The van der Waals surface area contributed by atoms with Crippen molar-refractivity contribution >= 4 is 0 Å². The van der Waals surface area contributed by atoms with Crippen molar-refractivity contribution in [2.45, 2.75) is 46.0 Å². The second kappa shape index (κ2) is 3.92. The summed E-state index contributed by atoms with van der Waals surface area (Å²) in [5.41, 5.74) is 3.17. The maximum Gasteiger partial charge on any atom is -0.0197 e. The Hall–Kier alpha value is -0.520. The zero-order valence-electron chi connectivity index (χ0n) is 9.55. The molecule has 0 aromatic carbocycles. The van der Waals surface area contributed by atoms with Gasteiger partial charge in [-0.3, -0.25) is 0 Å². The second-order valence-corrected chi connectivity index (χ2v) is 5.31. The summed E-state index contributed by atoms with van der Waals surface area (Å²) < 4.78 is 0. The fourth-order valence-electron chi connectivity index (χ4n) is 3.04. The fourth-order valence-corrected chi connectivity index (χ4v) is 3.04. The molecule has 0 N–H and O–H groups in total. The molecule has 0 heteroatoms. The van der Waals surface area contributed by atoms with E-state index in [-0.39, 0.29) is 0 Å². The van der Waals surface area contributed by atoms with Gasteiger partial charge < -0.3 is 0 Å². The highest BCUT2D eigenvalue weighted by Crippen LogP contribution is 2.42. The van der Waals surface area contributed by atoms with Crippen molar-refractivity contribution < 1.29 is 0 Å². The smallest absolute Gasteiger partial charge is 0.0197 e. The Kier molecular flexibility index (Phi) is 2.80. The predicted octanol–water partition coefficient (Wildman–Crippen LogP) is 4.34. The highest BCUT2D eigenvalue weighted by Gasteiger charge is 2.28. The van der Waals surface area contributed by atoms with Gasteiger partial charge >= 0.3 is 0 Å². The van der Waals surface area contributed by atoms with Crippen molar-refractivity contribution in [1.82, 2.24) is 0 Å². The molecule has 0 heterocycles. The van der Waals surface area contributed by atoms with E-state index in [1.54, 1.807) is 5.57 Å². The van der Waals surface area contributed by atoms with Crippen LogP contribution in [0.5, 0.6) is 0 Å². The fraction of sp³-hybridized carbons (Fsp3) is 0.714. The van der Waals surface area contributed by atoms with E-state index >= 15 is 0 Å². The number of rotatable bonds is 1. The van der Waals surface area contributed by atoms with Crippen LogP contribution < -0.4 is 0 Å². The lowest BCUT2D eigenvalue weighted by Gasteiger charge is -2.36. The van der Waals surface area contributed by atoms with E-state index in [0.29, 0.717) is 0 Å². The number of allylic oxidation sites excluding steroid dienone is 3. The van der Waals surface area contributed by atoms with Crippen molar-refractivity contribution in [2.24, 2.45) is 17.8 Å². The summed E-state index contributed by atoms with van der Waals surface area (Å²) in [6, 6.07) is 0. The third kappa shape index (κ3) is 1.94. The first-order chi connectivity index (χ1) is 6.66. The molecule has 3 unspecified atom stereocenters.